The highest BCUT2D eigenvalue weighted by atomic mass is 79.9. The van der Waals surface area contributed by atoms with Gasteiger partial charge in [-0.25, -0.2) is 9.97 Å². The van der Waals surface area contributed by atoms with Crippen LogP contribution in [0.3, 0.4) is 0 Å². The summed E-state index contributed by atoms with van der Waals surface area (Å²) < 4.78 is 1.05. The van der Waals surface area contributed by atoms with Gasteiger partial charge in [-0.05, 0) is 48.5 Å². The minimum absolute atomic E-state index is 0.382. The molecule has 0 aliphatic rings. The Labute approximate surface area is 137 Å². The van der Waals surface area contributed by atoms with E-state index in [-0.39, 0.29) is 0 Å². The predicted octanol–water partition coefficient (Wildman–Crippen LogP) is 3.05. The van der Waals surface area contributed by atoms with Gasteiger partial charge in [0.1, 0.15) is 11.6 Å². The van der Waals surface area contributed by atoms with E-state index < -0.39 is 0 Å². The maximum atomic E-state index is 5.71. The Bertz CT molecular complexity index is 600. The topological polar surface area (TPSA) is 89.8 Å². The van der Waals surface area contributed by atoms with Crippen LogP contribution in [0.15, 0.2) is 38.8 Å². The first-order valence-electron chi connectivity index (χ1n) is 6.65. The molecule has 21 heavy (non-hydrogen) atoms. The second kappa shape index (κ2) is 7.63. The van der Waals surface area contributed by atoms with Gasteiger partial charge >= 0.3 is 0 Å². The summed E-state index contributed by atoms with van der Waals surface area (Å²) in [6.45, 7) is 3.93. The smallest absolute Gasteiger partial charge is 0.196 e. The highest BCUT2D eigenvalue weighted by molar-refractivity contribution is 9.10. The molecule has 112 valence electrons. The number of nitrogen functional groups attached to an aromatic ring is 2. The monoisotopic (exact) mass is 367 g/mol. The highest BCUT2D eigenvalue weighted by Gasteiger charge is 2.08. The number of rotatable bonds is 6. The SMILES string of the molecule is CCCNCc1cc(Br)ccc1Sc1nc(N)cc(N)n1. The second-order valence-corrected chi connectivity index (χ2v) is 6.46. The molecule has 0 spiro atoms. The average Bonchev–Trinajstić information content (AvgIpc) is 2.41. The number of nitrogens with zero attached hydrogens (tertiary/aromatic N) is 2. The van der Waals surface area contributed by atoms with Gasteiger partial charge < -0.3 is 16.8 Å². The molecular formula is C14H18BrN5S. The third-order valence-electron chi connectivity index (χ3n) is 2.71. The summed E-state index contributed by atoms with van der Waals surface area (Å²) in [4.78, 5) is 9.50. The summed E-state index contributed by atoms with van der Waals surface area (Å²) in [5.74, 6) is 0.764. The molecule has 0 amide bonds. The number of aromatic nitrogens is 2. The van der Waals surface area contributed by atoms with E-state index in [0.29, 0.717) is 16.8 Å². The normalized spacial score (nSPS) is 10.8. The van der Waals surface area contributed by atoms with Crippen molar-refractivity contribution < 1.29 is 0 Å². The standard InChI is InChI=1S/C14H18BrN5S/c1-2-5-18-8-9-6-10(15)3-4-11(9)21-14-19-12(16)7-13(17)20-14/h3-4,6-7,18H,2,5,8H2,1H3,(H4,16,17,19,20). The van der Waals surface area contributed by atoms with Crippen molar-refractivity contribution >= 4 is 39.3 Å². The molecule has 0 saturated heterocycles. The molecule has 0 atom stereocenters. The lowest BCUT2D eigenvalue weighted by Gasteiger charge is -2.10. The minimum atomic E-state index is 0.382. The summed E-state index contributed by atoms with van der Waals surface area (Å²) in [6.07, 6.45) is 1.10. The van der Waals surface area contributed by atoms with Gasteiger partial charge in [-0.3, -0.25) is 0 Å². The fraction of sp³-hybridized carbons (Fsp3) is 0.286. The molecule has 7 heteroatoms. The van der Waals surface area contributed by atoms with Gasteiger partial charge in [-0.15, -0.1) is 0 Å². The van der Waals surface area contributed by atoms with Crippen molar-refractivity contribution in [2.24, 2.45) is 0 Å². The van der Waals surface area contributed by atoms with Gasteiger partial charge in [0.05, 0.1) is 0 Å². The van der Waals surface area contributed by atoms with Crippen LogP contribution >= 0.6 is 27.7 Å². The number of nitrogens with two attached hydrogens (primary N) is 2. The molecule has 1 aromatic heterocycles. The zero-order valence-electron chi connectivity index (χ0n) is 11.8. The van der Waals surface area contributed by atoms with Crippen molar-refractivity contribution in [1.82, 2.24) is 15.3 Å². The lowest BCUT2D eigenvalue weighted by molar-refractivity contribution is 0.669. The molecule has 2 rings (SSSR count). The zero-order chi connectivity index (χ0) is 15.2. The average molecular weight is 368 g/mol. The maximum Gasteiger partial charge on any atom is 0.196 e. The van der Waals surface area contributed by atoms with Crippen LogP contribution in [0, 0.1) is 0 Å². The molecule has 0 bridgehead atoms. The zero-order valence-corrected chi connectivity index (χ0v) is 14.2. The molecule has 0 unspecified atom stereocenters. The molecular weight excluding hydrogens is 350 g/mol. The van der Waals surface area contributed by atoms with Crippen LogP contribution in [0.25, 0.3) is 0 Å². The highest BCUT2D eigenvalue weighted by Crippen LogP contribution is 2.31. The number of nitrogens with one attached hydrogen (secondary N) is 1. The lowest BCUT2D eigenvalue weighted by atomic mass is 10.2. The van der Waals surface area contributed by atoms with Gasteiger partial charge in [0.15, 0.2) is 5.16 Å². The molecule has 0 aliphatic carbocycles. The number of hydrogen-bond acceptors (Lipinski definition) is 6. The number of benzene rings is 1. The molecule has 2 aromatic rings. The summed E-state index contributed by atoms with van der Waals surface area (Å²) in [5, 5.41) is 3.96. The van der Waals surface area contributed by atoms with E-state index >= 15 is 0 Å². The van der Waals surface area contributed by atoms with Crippen LogP contribution in [0.2, 0.25) is 0 Å². The minimum Gasteiger partial charge on any atom is -0.383 e. The van der Waals surface area contributed by atoms with E-state index in [0.717, 1.165) is 28.9 Å². The van der Waals surface area contributed by atoms with Crippen LogP contribution in [0.1, 0.15) is 18.9 Å². The van der Waals surface area contributed by atoms with E-state index in [2.05, 4.69) is 44.2 Å². The van der Waals surface area contributed by atoms with Gasteiger partial charge in [0.2, 0.25) is 0 Å². The molecule has 1 aromatic carbocycles. The lowest BCUT2D eigenvalue weighted by Crippen LogP contribution is -2.14. The predicted molar refractivity (Wildman–Crippen MR) is 91.1 cm³/mol. The fourth-order valence-electron chi connectivity index (χ4n) is 1.79. The Balaban J connectivity index is 2.21. The molecule has 5 nitrogen and oxygen atoms in total. The number of halogens is 1. The molecule has 5 N–H and O–H groups in total. The van der Waals surface area contributed by atoms with Gasteiger partial charge in [0.25, 0.3) is 0 Å². The molecule has 1 heterocycles. The van der Waals surface area contributed by atoms with E-state index in [9.17, 15) is 0 Å². The molecule has 0 fully saturated rings. The van der Waals surface area contributed by atoms with E-state index in [1.54, 1.807) is 6.07 Å². The Morgan fingerprint density at radius 3 is 2.57 bits per heavy atom. The van der Waals surface area contributed by atoms with Crippen molar-refractivity contribution in [2.45, 2.75) is 29.9 Å². The summed E-state index contributed by atoms with van der Waals surface area (Å²) >= 11 is 4.97. The van der Waals surface area contributed by atoms with Crippen LogP contribution in [0.4, 0.5) is 11.6 Å². The molecule has 0 radical (unpaired) electrons. The summed E-state index contributed by atoms with van der Waals surface area (Å²) in [5.41, 5.74) is 12.6. The van der Waals surface area contributed by atoms with Crippen molar-refractivity contribution in [3.8, 4) is 0 Å². The van der Waals surface area contributed by atoms with Crippen LogP contribution in [-0.4, -0.2) is 16.5 Å². The third kappa shape index (κ3) is 4.87. The van der Waals surface area contributed by atoms with E-state index in [1.165, 1.54) is 17.3 Å². The van der Waals surface area contributed by atoms with Crippen molar-refractivity contribution in [2.75, 3.05) is 18.0 Å². The fourth-order valence-corrected chi connectivity index (χ4v) is 3.10. The largest absolute Gasteiger partial charge is 0.383 e. The quantitative estimate of drug-likeness (QED) is 0.536. The van der Waals surface area contributed by atoms with E-state index in [4.69, 9.17) is 11.5 Å². The second-order valence-electron chi connectivity index (χ2n) is 4.53. The Hall–Kier alpha value is -1.31. The molecule has 0 saturated carbocycles. The van der Waals surface area contributed by atoms with Crippen molar-refractivity contribution in [3.05, 3.63) is 34.3 Å². The van der Waals surface area contributed by atoms with Crippen molar-refractivity contribution in [1.29, 1.82) is 0 Å². The molecule has 0 aliphatic heterocycles. The summed E-state index contributed by atoms with van der Waals surface area (Å²) in [6, 6.07) is 7.69. The van der Waals surface area contributed by atoms with Crippen LogP contribution in [0.5, 0.6) is 0 Å². The van der Waals surface area contributed by atoms with Crippen LogP contribution < -0.4 is 16.8 Å². The van der Waals surface area contributed by atoms with Crippen LogP contribution in [-0.2, 0) is 6.54 Å². The first-order valence-corrected chi connectivity index (χ1v) is 8.26. The maximum absolute atomic E-state index is 5.71. The Kier molecular flexibility index (Phi) is 5.84. The number of anilines is 2. The van der Waals surface area contributed by atoms with Gasteiger partial charge in [-0.1, -0.05) is 22.9 Å². The first kappa shape index (κ1) is 16.1. The first-order chi connectivity index (χ1) is 10.1. The number of hydrogen-bond donors (Lipinski definition) is 3. The Morgan fingerprint density at radius 2 is 1.90 bits per heavy atom. The van der Waals surface area contributed by atoms with Crippen molar-refractivity contribution in [3.63, 3.8) is 0 Å². The van der Waals surface area contributed by atoms with E-state index in [1.807, 2.05) is 12.1 Å². The third-order valence-corrected chi connectivity index (χ3v) is 4.19. The van der Waals surface area contributed by atoms with Gasteiger partial charge in [0, 0.05) is 22.0 Å². The van der Waals surface area contributed by atoms with Gasteiger partial charge in [-0.2, -0.15) is 0 Å². The summed E-state index contributed by atoms with van der Waals surface area (Å²) in [7, 11) is 0. The Morgan fingerprint density at radius 1 is 1.19 bits per heavy atom.